The van der Waals surface area contributed by atoms with Gasteiger partial charge in [0.15, 0.2) is 0 Å². The molecule has 1 atom stereocenters. The average molecular weight is 378 g/mol. The molecule has 0 saturated heterocycles. The normalized spacial score (nSPS) is 11.5. The van der Waals surface area contributed by atoms with E-state index in [4.69, 9.17) is 21.1 Å². The Morgan fingerprint density at radius 1 is 1.12 bits per heavy atom. The van der Waals surface area contributed by atoms with Gasteiger partial charge in [0.25, 0.3) is 0 Å². The number of aliphatic carboxylic acids is 1. The summed E-state index contributed by atoms with van der Waals surface area (Å²) in [5.74, 6) is -1.29. The monoisotopic (exact) mass is 377 g/mol. The minimum Gasteiger partial charge on any atom is -0.497 e. The molecule has 0 aliphatic carbocycles. The standard InChI is InChI=1S/C19H20ClNO5/c1-25-15-7-8-17(26-2)16(11-15)21-18(22)10-13(19(23)24)9-12-3-5-14(20)6-4-12/h3-8,11,13H,9-10H2,1-2H3,(H,21,22)(H,23,24)/t13-/m0/s1. The maximum atomic E-state index is 12.3. The predicted octanol–water partition coefficient (Wildman–Crippen LogP) is 3.63. The number of carboxylic acids is 1. The molecule has 0 bridgehead atoms. The molecule has 0 radical (unpaired) electrons. The Balaban J connectivity index is 2.08. The van der Waals surface area contributed by atoms with E-state index in [0.29, 0.717) is 22.2 Å². The van der Waals surface area contributed by atoms with Gasteiger partial charge in [0.1, 0.15) is 11.5 Å². The summed E-state index contributed by atoms with van der Waals surface area (Å²) < 4.78 is 10.3. The molecule has 2 aromatic rings. The zero-order valence-electron chi connectivity index (χ0n) is 14.5. The summed E-state index contributed by atoms with van der Waals surface area (Å²) in [6.45, 7) is 0. The minimum absolute atomic E-state index is 0.168. The van der Waals surface area contributed by atoms with Crippen molar-refractivity contribution in [2.75, 3.05) is 19.5 Å². The van der Waals surface area contributed by atoms with Gasteiger partial charge >= 0.3 is 5.97 Å². The van der Waals surface area contributed by atoms with Crippen molar-refractivity contribution in [1.82, 2.24) is 0 Å². The molecule has 0 aliphatic rings. The molecule has 2 aromatic carbocycles. The predicted molar refractivity (Wildman–Crippen MR) is 99.1 cm³/mol. The lowest BCUT2D eigenvalue weighted by molar-refractivity contribution is -0.143. The molecular weight excluding hydrogens is 358 g/mol. The van der Waals surface area contributed by atoms with Crippen LogP contribution in [0, 0.1) is 5.92 Å². The molecule has 0 spiro atoms. The lowest BCUT2D eigenvalue weighted by Gasteiger charge is -2.15. The number of carboxylic acid groups (broad SMARTS) is 1. The van der Waals surface area contributed by atoms with Gasteiger partial charge in [-0.1, -0.05) is 23.7 Å². The lowest BCUT2D eigenvalue weighted by Crippen LogP contribution is -2.24. The highest BCUT2D eigenvalue weighted by Crippen LogP contribution is 2.29. The number of amides is 1. The maximum Gasteiger partial charge on any atom is 0.307 e. The molecule has 2 rings (SSSR count). The van der Waals surface area contributed by atoms with Crippen molar-refractivity contribution in [1.29, 1.82) is 0 Å². The van der Waals surface area contributed by atoms with Crippen LogP contribution in [0.25, 0.3) is 0 Å². The summed E-state index contributed by atoms with van der Waals surface area (Å²) in [7, 11) is 3.00. The third kappa shape index (κ3) is 5.39. The summed E-state index contributed by atoms with van der Waals surface area (Å²) in [6.07, 6.45) is 0.0630. The molecule has 0 aromatic heterocycles. The molecule has 2 N–H and O–H groups in total. The van der Waals surface area contributed by atoms with E-state index in [1.54, 1.807) is 42.5 Å². The number of hydrogen-bond acceptors (Lipinski definition) is 4. The Hall–Kier alpha value is -2.73. The second kappa shape index (κ2) is 9.10. The lowest BCUT2D eigenvalue weighted by atomic mass is 9.96. The van der Waals surface area contributed by atoms with Crippen LogP contribution in [0.15, 0.2) is 42.5 Å². The van der Waals surface area contributed by atoms with Gasteiger partial charge < -0.3 is 19.9 Å². The highest BCUT2D eigenvalue weighted by molar-refractivity contribution is 6.30. The second-order valence-electron chi connectivity index (χ2n) is 5.68. The van der Waals surface area contributed by atoms with E-state index in [1.165, 1.54) is 14.2 Å². The quantitative estimate of drug-likeness (QED) is 0.733. The molecule has 26 heavy (non-hydrogen) atoms. The number of halogens is 1. The van der Waals surface area contributed by atoms with Crippen LogP contribution in [0.5, 0.6) is 11.5 Å². The first-order valence-corrected chi connectivity index (χ1v) is 8.30. The van der Waals surface area contributed by atoms with Crippen LogP contribution >= 0.6 is 11.6 Å². The fraction of sp³-hybridized carbons (Fsp3) is 0.263. The van der Waals surface area contributed by atoms with E-state index in [2.05, 4.69) is 5.32 Å². The number of carbonyl (C=O) groups excluding carboxylic acids is 1. The zero-order chi connectivity index (χ0) is 19.1. The number of carbonyl (C=O) groups is 2. The number of anilines is 1. The van der Waals surface area contributed by atoms with Crippen molar-refractivity contribution < 1.29 is 24.2 Å². The molecule has 0 saturated carbocycles. The van der Waals surface area contributed by atoms with Crippen molar-refractivity contribution in [3.05, 3.63) is 53.1 Å². The fourth-order valence-corrected chi connectivity index (χ4v) is 2.61. The van der Waals surface area contributed by atoms with Gasteiger partial charge in [-0.25, -0.2) is 0 Å². The van der Waals surface area contributed by atoms with Gasteiger partial charge in [-0.05, 0) is 36.2 Å². The Bertz CT molecular complexity index is 776. The van der Waals surface area contributed by atoms with Crippen molar-refractivity contribution in [3.8, 4) is 11.5 Å². The van der Waals surface area contributed by atoms with Crippen LogP contribution in [0.1, 0.15) is 12.0 Å². The molecule has 0 unspecified atom stereocenters. The summed E-state index contributed by atoms with van der Waals surface area (Å²) in [4.78, 5) is 23.9. The third-order valence-electron chi connectivity index (χ3n) is 3.86. The van der Waals surface area contributed by atoms with E-state index in [-0.39, 0.29) is 12.8 Å². The second-order valence-corrected chi connectivity index (χ2v) is 6.12. The Labute approximate surface area is 156 Å². The molecule has 0 heterocycles. The fourth-order valence-electron chi connectivity index (χ4n) is 2.49. The maximum absolute atomic E-state index is 12.3. The number of methoxy groups -OCH3 is 2. The molecule has 138 valence electrons. The van der Waals surface area contributed by atoms with Gasteiger partial charge in [0, 0.05) is 17.5 Å². The van der Waals surface area contributed by atoms with Crippen molar-refractivity contribution in [3.63, 3.8) is 0 Å². The van der Waals surface area contributed by atoms with Crippen LogP contribution < -0.4 is 14.8 Å². The number of hydrogen-bond donors (Lipinski definition) is 2. The first-order valence-electron chi connectivity index (χ1n) is 7.92. The molecule has 1 amide bonds. The van der Waals surface area contributed by atoms with Gasteiger partial charge in [0.05, 0.1) is 25.8 Å². The minimum atomic E-state index is -1.03. The molecule has 0 fully saturated rings. The van der Waals surface area contributed by atoms with E-state index in [1.807, 2.05) is 0 Å². The Morgan fingerprint density at radius 3 is 2.38 bits per heavy atom. The SMILES string of the molecule is COc1ccc(OC)c(NC(=O)C[C@H](Cc2ccc(Cl)cc2)C(=O)O)c1. The molecule has 0 aliphatic heterocycles. The van der Waals surface area contributed by atoms with Gasteiger partial charge in [-0.3, -0.25) is 9.59 Å². The van der Waals surface area contributed by atoms with Gasteiger partial charge in [0.2, 0.25) is 5.91 Å². The number of nitrogens with one attached hydrogen (secondary N) is 1. The van der Waals surface area contributed by atoms with E-state index in [0.717, 1.165) is 5.56 Å². The highest BCUT2D eigenvalue weighted by Gasteiger charge is 2.22. The van der Waals surface area contributed by atoms with Crippen LogP contribution in [-0.4, -0.2) is 31.2 Å². The van der Waals surface area contributed by atoms with Crippen molar-refractivity contribution in [2.45, 2.75) is 12.8 Å². The number of ether oxygens (including phenoxy) is 2. The molecule has 7 heteroatoms. The van der Waals surface area contributed by atoms with Gasteiger partial charge in [-0.2, -0.15) is 0 Å². The van der Waals surface area contributed by atoms with Crippen LogP contribution in [0.3, 0.4) is 0 Å². The number of rotatable bonds is 8. The van der Waals surface area contributed by atoms with Crippen molar-refractivity contribution in [2.24, 2.45) is 5.92 Å². The number of benzene rings is 2. The summed E-state index contributed by atoms with van der Waals surface area (Å²) in [6, 6.07) is 11.9. The molecular formula is C19H20ClNO5. The topological polar surface area (TPSA) is 84.9 Å². The van der Waals surface area contributed by atoms with Gasteiger partial charge in [-0.15, -0.1) is 0 Å². The highest BCUT2D eigenvalue weighted by atomic mass is 35.5. The first-order chi connectivity index (χ1) is 12.4. The van der Waals surface area contributed by atoms with Crippen molar-refractivity contribution >= 4 is 29.2 Å². The van der Waals surface area contributed by atoms with Crippen LogP contribution in [0.2, 0.25) is 5.02 Å². The third-order valence-corrected chi connectivity index (χ3v) is 4.11. The Morgan fingerprint density at radius 2 is 1.81 bits per heavy atom. The van der Waals surface area contributed by atoms with Crippen LogP contribution in [-0.2, 0) is 16.0 Å². The first kappa shape index (κ1) is 19.6. The largest absolute Gasteiger partial charge is 0.497 e. The van der Waals surface area contributed by atoms with E-state index in [9.17, 15) is 14.7 Å². The summed E-state index contributed by atoms with van der Waals surface area (Å²) in [5.41, 5.74) is 1.22. The zero-order valence-corrected chi connectivity index (χ0v) is 15.2. The smallest absolute Gasteiger partial charge is 0.307 e. The van der Waals surface area contributed by atoms with E-state index < -0.39 is 17.8 Å². The van der Waals surface area contributed by atoms with E-state index >= 15 is 0 Å². The average Bonchev–Trinajstić information content (AvgIpc) is 2.62. The summed E-state index contributed by atoms with van der Waals surface area (Å²) in [5, 5.41) is 12.7. The Kier molecular flexibility index (Phi) is 6.86. The molecule has 6 nitrogen and oxygen atoms in total. The summed E-state index contributed by atoms with van der Waals surface area (Å²) >= 11 is 5.84. The van der Waals surface area contributed by atoms with Crippen LogP contribution in [0.4, 0.5) is 5.69 Å².